The van der Waals surface area contributed by atoms with Crippen LogP contribution in [0.1, 0.15) is 53.4 Å². The molecule has 4 N–H and O–H groups in total. The fourth-order valence-electron chi connectivity index (χ4n) is 1.98. The first-order chi connectivity index (χ1) is 9.38. The number of nitrogens with two attached hydrogens (primary N) is 1. The van der Waals surface area contributed by atoms with Crippen LogP contribution >= 0.6 is 0 Å². The minimum absolute atomic E-state index is 0.214. The van der Waals surface area contributed by atoms with Gasteiger partial charge < -0.3 is 11.1 Å². The first-order valence-electron chi connectivity index (χ1n) is 7.29. The molecule has 0 bridgehead atoms. The Kier molecular flexibility index (Phi) is 5.42. The van der Waals surface area contributed by atoms with E-state index in [0.29, 0.717) is 12.2 Å². The molecule has 6 heteroatoms. The quantitative estimate of drug-likeness (QED) is 0.712. The van der Waals surface area contributed by atoms with Crippen LogP contribution in [-0.4, -0.2) is 15.1 Å². The van der Waals surface area contributed by atoms with Crippen molar-refractivity contribution < 1.29 is 0 Å². The summed E-state index contributed by atoms with van der Waals surface area (Å²) in [5.41, 5.74) is 5.21. The van der Waals surface area contributed by atoms with Gasteiger partial charge in [-0.05, 0) is 26.2 Å². The van der Waals surface area contributed by atoms with Crippen molar-refractivity contribution in [3.63, 3.8) is 0 Å². The fraction of sp³-hybridized carbons (Fsp3) is 0.714. The Hall–Kier alpha value is -1.72. The molecule has 0 amide bonds. The highest BCUT2D eigenvalue weighted by Crippen LogP contribution is 2.22. The molecule has 1 rings (SSSR count). The lowest BCUT2D eigenvalue weighted by Gasteiger charge is -2.30. The number of hydrogen-bond acceptors (Lipinski definition) is 4. The predicted octanol–water partition coefficient (Wildman–Crippen LogP) is 1.91. The van der Waals surface area contributed by atoms with E-state index < -0.39 is 11.2 Å². The lowest BCUT2D eigenvalue weighted by molar-refractivity contribution is 0.476. The molecule has 0 saturated heterocycles. The van der Waals surface area contributed by atoms with Crippen molar-refractivity contribution in [1.82, 2.24) is 9.55 Å². The zero-order valence-electron chi connectivity index (χ0n) is 12.9. The summed E-state index contributed by atoms with van der Waals surface area (Å²) >= 11 is 0. The lowest BCUT2D eigenvalue weighted by atomic mass is 9.95. The van der Waals surface area contributed by atoms with Crippen molar-refractivity contribution >= 4 is 11.5 Å². The number of nitrogen functional groups attached to an aromatic ring is 1. The Morgan fingerprint density at radius 3 is 2.35 bits per heavy atom. The summed E-state index contributed by atoms with van der Waals surface area (Å²) in [5.74, 6) is 0.223. The van der Waals surface area contributed by atoms with Crippen LogP contribution in [0.4, 0.5) is 11.5 Å². The van der Waals surface area contributed by atoms with Crippen LogP contribution in [0.25, 0.3) is 0 Å². The predicted molar refractivity (Wildman–Crippen MR) is 83.3 cm³/mol. The molecule has 0 radical (unpaired) electrons. The first-order valence-corrected chi connectivity index (χ1v) is 7.29. The number of unbranched alkanes of at least 4 members (excludes halogenated alkanes) is 1. The second kappa shape index (κ2) is 6.63. The van der Waals surface area contributed by atoms with E-state index in [4.69, 9.17) is 5.73 Å². The summed E-state index contributed by atoms with van der Waals surface area (Å²) in [6.45, 7) is 8.69. The second-order valence-corrected chi connectivity index (χ2v) is 5.42. The maximum absolute atomic E-state index is 12.0. The maximum atomic E-state index is 12.0. The molecule has 0 unspecified atom stereocenters. The monoisotopic (exact) mass is 282 g/mol. The smallest absolute Gasteiger partial charge is 0.330 e. The zero-order valence-corrected chi connectivity index (χ0v) is 12.9. The topological polar surface area (TPSA) is 92.9 Å². The van der Waals surface area contributed by atoms with Crippen LogP contribution < -0.4 is 22.3 Å². The molecule has 1 aromatic heterocycles. The Morgan fingerprint density at radius 2 is 1.85 bits per heavy atom. The molecule has 0 aromatic carbocycles. The number of aromatic amines is 1. The molecule has 0 aliphatic heterocycles. The highest BCUT2D eigenvalue weighted by molar-refractivity contribution is 5.61. The van der Waals surface area contributed by atoms with Gasteiger partial charge in [0.15, 0.2) is 0 Å². The van der Waals surface area contributed by atoms with E-state index in [1.807, 2.05) is 27.7 Å². The van der Waals surface area contributed by atoms with Crippen LogP contribution in [0, 0.1) is 0 Å². The van der Waals surface area contributed by atoms with Crippen molar-refractivity contribution in [2.75, 3.05) is 11.1 Å². The van der Waals surface area contributed by atoms with Gasteiger partial charge in [0.05, 0.1) is 0 Å². The molecule has 1 aromatic rings. The van der Waals surface area contributed by atoms with Gasteiger partial charge in [0.2, 0.25) is 0 Å². The van der Waals surface area contributed by atoms with Gasteiger partial charge >= 0.3 is 5.69 Å². The van der Waals surface area contributed by atoms with Gasteiger partial charge in [0.1, 0.15) is 11.5 Å². The van der Waals surface area contributed by atoms with Gasteiger partial charge in [-0.1, -0.05) is 27.2 Å². The van der Waals surface area contributed by atoms with Gasteiger partial charge in [-0.15, -0.1) is 0 Å². The van der Waals surface area contributed by atoms with Crippen LogP contribution in [0.3, 0.4) is 0 Å². The van der Waals surface area contributed by atoms with Crippen molar-refractivity contribution in [3.05, 3.63) is 20.8 Å². The number of rotatable bonds is 7. The molecule has 0 aliphatic carbocycles. The maximum Gasteiger partial charge on any atom is 0.330 e. The molecular weight excluding hydrogens is 256 g/mol. The summed E-state index contributed by atoms with van der Waals surface area (Å²) in [4.78, 5) is 26.1. The lowest BCUT2D eigenvalue weighted by Crippen LogP contribution is -2.40. The van der Waals surface area contributed by atoms with E-state index in [1.54, 1.807) is 0 Å². The molecule has 6 nitrogen and oxygen atoms in total. The molecule has 0 fully saturated rings. The molecule has 20 heavy (non-hydrogen) atoms. The number of hydrogen-bond donors (Lipinski definition) is 3. The van der Waals surface area contributed by atoms with Crippen LogP contribution in [0.15, 0.2) is 9.59 Å². The van der Waals surface area contributed by atoms with E-state index in [9.17, 15) is 9.59 Å². The van der Waals surface area contributed by atoms with Gasteiger partial charge in [-0.2, -0.15) is 0 Å². The van der Waals surface area contributed by atoms with Gasteiger partial charge in [0.25, 0.3) is 5.56 Å². The molecule has 114 valence electrons. The average Bonchev–Trinajstić information content (AvgIpc) is 2.43. The van der Waals surface area contributed by atoms with E-state index in [1.165, 1.54) is 4.57 Å². The van der Waals surface area contributed by atoms with Crippen molar-refractivity contribution in [2.45, 2.75) is 65.5 Å². The van der Waals surface area contributed by atoms with Gasteiger partial charge in [-0.3, -0.25) is 14.3 Å². The normalized spacial score (nSPS) is 11.6. The third-order valence-corrected chi connectivity index (χ3v) is 3.96. The van der Waals surface area contributed by atoms with Gasteiger partial charge in [0, 0.05) is 12.1 Å². The Morgan fingerprint density at radius 1 is 1.25 bits per heavy atom. The highest BCUT2D eigenvalue weighted by Gasteiger charge is 2.23. The van der Waals surface area contributed by atoms with Crippen LogP contribution in [0.2, 0.25) is 0 Å². The Labute approximate surface area is 119 Å². The summed E-state index contributed by atoms with van der Waals surface area (Å²) in [6, 6.07) is 0. The first kappa shape index (κ1) is 16.3. The number of nitrogens with one attached hydrogen (secondary N) is 2. The number of anilines is 2. The van der Waals surface area contributed by atoms with Crippen molar-refractivity contribution in [3.8, 4) is 0 Å². The zero-order chi connectivity index (χ0) is 15.3. The Balaban J connectivity index is 3.26. The van der Waals surface area contributed by atoms with E-state index >= 15 is 0 Å². The summed E-state index contributed by atoms with van der Waals surface area (Å²) in [7, 11) is 0. The third kappa shape index (κ3) is 3.43. The summed E-state index contributed by atoms with van der Waals surface area (Å²) in [6.07, 6.45) is 3.51. The molecule has 0 atom stereocenters. The molecule has 0 saturated carbocycles. The van der Waals surface area contributed by atoms with Crippen LogP contribution in [-0.2, 0) is 6.54 Å². The minimum atomic E-state index is -0.451. The van der Waals surface area contributed by atoms with Gasteiger partial charge in [-0.25, -0.2) is 4.79 Å². The summed E-state index contributed by atoms with van der Waals surface area (Å²) < 4.78 is 1.43. The average molecular weight is 282 g/mol. The fourth-order valence-corrected chi connectivity index (χ4v) is 1.98. The minimum Gasteiger partial charge on any atom is -0.383 e. The number of H-pyrrole nitrogens is 1. The largest absolute Gasteiger partial charge is 0.383 e. The van der Waals surface area contributed by atoms with E-state index in [0.717, 1.165) is 25.7 Å². The van der Waals surface area contributed by atoms with E-state index in [-0.39, 0.29) is 11.4 Å². The molecule has 1 heterocycles. The third-order valence-electron chi connectivity index (χ3n) is 3.96. The standard InChI is InChI=1S/C14H26N4O2/c1-5-8-9-18-11(15)10(12(19)16-13(18)20)17-14(4,6-2)7-3/h17H,5-9,15H2,1-4H3,(H,16,19,20). The SMILES string of the molecule is CCCCn1c(N)c(NC(C)(CC)CC)c(=O)[nH]c1=O. The second-order valence-electron chi connectivity index (χ2n) is 5.42. The number of nitrogens with zero attached hydrogens (tertiary/aromatic N) is 1. The molecule has 0 aliphatic rings. The number of aromatic nitrogens is 2. The Bertz CT molecular complexity index is 555. The van der Waals surface area contributed by atoms with E-state index in [2.05, 4.69) is 10.3 Å². The summed E-state index contributed by atoms with van der Waals surface area (Å²) in [5, 5.41) is 3.21. The molecule has 0 spiro atoms. The highest BCUT2D eigenvalue weighted by atomic mass is 16.2. The van der Waals surface area contributed by atoms with Crippen LogP contribution in [0.5, 0.6) is 0 Å². The van der Waals surface area contributed by atoms with Crippen molar-refractivity contribution in [1.29, 1.82) is 0 Å². The van der Waals surface area contributed by atoms with Crippen molar-refractivity contribution in [2.24, 2.45) is 0 Å². The molecular formula is C14H26N4O2.